The fourth-order valence-corrected chi connectivity index (χ4v) is 2.36. The van der Waals surface area contributed by atoms with Crippen molar-refractivity contribution in [2.24, 2.45) is 0 Å². The van der Waals surface area contributed by atoms with Gasteiger partial charge in [-0.05, 0) is 36.2 Å². The largest absolute Gasteiger partial charge is 0.345 e. The van der Waals surface area contributed by atoms with E-state index < -0.39 is 0 Å². The molecule has 1 amide bonds. The molecule has 0 aliphatic carbocycles. The molecular formula is C18H18N4O. The van der Waals surface area contributed by atoms with Crippen molar-refractivity contribution in [1.82, 2.24) is 19.9 Å². The molecule has 0 radical (unpaired) electrons. The van der Waals surface area contributed by atoms with Crippen molar-refractivity contribution in [2.45, 2.75) is 6.42 Å². The fourth-order valence-electron chi connectivity index (χ4n) is 2.36. The molecule has 0 fully saturated rings. The van der Waals surface area contributed by atoms with Crippen LogP contribution in [0.1, 0.15) is 15.9 Å². The average Bonchev–Trinajstić information content (AvgIpc) is 3.15. The summed E-state index contributed by atoms with van der Waals surface area (Å²) in [4.78, 5) is 25.4. The number of benzene rings is 1. The van der Waals surface area contributed by atoms with Crippen LogP contribution in [0, 0.1) is 0 Å². The maximum atomic E-state index is 12.5. The van der Waals surface area contributed by atoms with E-state index in [4.69, 9.17) is 0 Å². The summed E-state index contributed by atoms with van der Waals surface area (Å²) in [6.45, 7) is 0.669. The molecule has 1 N–H and O–H groups in total. The lowest BCUT2D eigenvalue weighted by Crippen LogP contribution is -2.28. The monoisotopic (exact) mass is 306 g/mol. The van der Waals surface area contributed by atoms with Crippen LogP contribution < -0.4 is 0 Å². The van der Waals surface area contributed by atoms with Gasteiger partial charge in [-0.2, -0.15) is 0 Å². The first kappa shape index (κ1) is 15.0. The van der Waals surface area contributed by atoms with Gasteiger partial charge >= 0.3 is 0 Å². The Morgan fingerprint density at radius 2 is 1.83 bits per heavy atom. The minimum Gasteiger partial charge on any atom is -0.345 e. The summed E-state index contributed by atoms with van der Waals surface area (Å²) in [6.07, 6.45) is 7.84. The summed E-state index contributed by atoms with van der Waals surface area (Å²) >= 11 is 0. The summed E-state index contributed by atoms with van der Waals surface area (Å²) in [7, 11) is 1.82. The number of nitrogens with one attached hydrogen (secondary N) is 1. The molecule has 3 aromatic rings. The standard InChI is InChI=1S/C18H18N4O/c1-22(13-8-14-6-9-19-10-7-14)18(23)16-4-2-15(3-5-16)17-20-11-12-21-17/h2-7,9-12H,8,13H2,1H3,(H,20,21). The molecule has 0 unspecified atom stereocenters. The van der Waals surface area contributed by atoms with E-state index in [1.54, 1.807) is 29.7 Å². The van der Waals surface area contributed by atoms with Crippen molar-refractivity contribution in [3.8, 4) is 11.4 Å². The van der Waals surface area contributed by atoms with Gasteiger partial charge in [-0.15, -0.1) is 0 Å². The molecule has 23 heavy (non-hydrogen) atoms. The number of likely N-dealkylation sites (N-methyl/N-ethyl adjacent to an activating group) is 1. The number of rotatable bonds is 5. The van der Waals surface area contributed by atoms with Gasteiger partial charge in [0, 0.05) is 49.5 Å². The van der Waals surface area contributed by atoms with Crippen LogP contribution in [0.15, 0.2) is 61.2 Å². The van der Waals surface area contributed by atoms with Crippen LogP contribution in [-0.2, 0) is 6.42 Å². The predicted octanol–water partition coefficient (Wildman–Crippen LogP) is 2.79. The quantitative estimate of drug-likeness (QED) is 0.788. The lowest BCUT2D eigenvalue weighted by Gasteiger charge is -2.17. The second-order valence-electron chi connectivity index (χ2n) is 5.35. The minimum atomic E-state index is 0.0186. The van der Waals surface area contributed by atoms with Crippen molar-refractivity contribution in [3.63, 3.8) is 0 Å². The van der Waals surface area contributed by atoms with Gasteiger partial charge in [-0.3, -0.25) is 9.78 Å². The lowest BCUT2D eigenvalue weighted by molar-refractivity contribution is 0.0796. The molecule has 0 bridgehead atoms. The number of carbonyl (C=O) groups excluding carboxylic acids is 1. The Bertz CT molecular complexity index is 751. The number of carbonyl (C=O) groups is 1. The SMILES string of the molecule is CN(CCc1ccncc1)C(=O)c1ccc(-c2ncc[nH]2)cc1. The zero-order valence-corrected chi connectivity index (χ0v) is 12.9. The summed E-state index contributed by atoms with van der Waals surface area (Å²) in [5.41, 5.74) is 2.82. The fraction of sp³-hybridized carbons (Fsp3) is 0.167. The zero-order chi connectivity index (χ0) is 16.1. The van der Waals surface area contributed by atoms with Gasteiger partial charge in [-0.25, -0.2) is 4.98 Å². The van der Waals surface area contributed by atoms with Gasteiger partial charge in [-0.1, -0.05) is 12.1 Å². The number of H-pyrrole nitrogens is 1. The van der Waals surface area contributed by atoms with E-state index in [2.05, 4.69) is 15.0 Å². The molecule has 0 saturated carbocycles. The molecule has 2 heterocycles. The maximum absolute atomic E-state index is 12.5. The molecule has 5 heteroatoms. The number of amides is 1. The van der Waals surface area contributed by atoms with Crippen LogP contribution in [0.5, 0.6) is 0 Å². The second kappa shape index (κ2) is 6.87. The summed E-state index contributed by atoms with van der Waals surface area (Å²) in [6, 6.07) is 11.4. The summed E-state index contributed by atoms with van der Waals surface area (Å²) in [5.74, 6) is 0.820. The van der Waals surface area contributed by atoms with E-state index >= 15 is 0 Å². The molecule has 0 spiro atoms. The smallest absolute Gasteiger partial charge is 0.253 e. The van der Waals surface area contributed by atoms with Crippen LogP contribution in [0.2, 0.25) is 0 Å². The molecule has 2 aromatic heterocycles. The summed E-state index contributed by atoms with van der Waals surface area (Å²) in [5, 5.41) is 0. The predicted molar refractivity (Wildman–Crippen MR) is 88.9 cm³/mol. The third-order valence-corrected chi connectivity index (χ3v) is 3.74. The number of hydrogen-bond donors (Lipinski definition) is 1. The first-order valence-electron chi connectivity index (χ1n) is 7.48. The van der Waals surface area contributed by atoms with Crippen molar-refractivity contribution < 1.29 is 4.79 Å². The Balaban J connectivity index is 1.63. The molecule has 0 aliphatic rings. The first-order chi connectivity index (χ1) is 11.2. The second-order valence-corrected chi connectivity index (χ2v) is 5.35. The van der Waals surface area contributed by atoms with Crippen molar-refractivity contribution in [1.29, 1.82) is 0 Å². The molecule has 0 saturated heterocycles. The zero-order valence-electron chi connectivity index (χ0n) is 12.9. The number of aromatic nitrogens is 3. The molecule has 1 aromatic carbocycles. The molecule has 3 rings (SSSR count). The molecule has 0 aliphatic heterocycles. The van der Waals surface area contributed by atoms with E-state index in [9.17, 15) is 4.79 Å². The third kappa shape index (κ3) is 3.63. The normalized spacial score (nSPS) is 10.5. The van der Waals surface area contributed by atoms with Crippen molar-refractivity contribution >= 4 is 5.91 Å². The highest BCUT2D eigenvalue weighted by Gasteiger charge is 2.12. The summed E-state index contributed by atoms with van der Waals surface area (Å²) < 4.78 is 0. The third-order valence-electron chi connectivity index (χ3n) is 3.74. The van der Waals surface area contributed by atoms with Gasteiger partial charge in [0.2, 0.25) is 0 Å². The lowest BCUT2D eigenvalue weighted by atomic mass is 10.1. The Hall–Kier alpha value is -2.95. The van der Waals surface area contributed by atoms with E-state index in [0.29, 0.717) is 12.1 Å². The van der Waals surface area contributed by atoms with E-state index in [1.807, 2.05) is 43.4 Å². The number of aromatic amines is 1. The van der Waals surface area contributed by atoms with Gasteiger partial charge in [0.15, 0.2) is 0 Å². The Morgan fingerprint density at radius 3 is 2.48 bits per heavy atom. The van der Waals surface area contributed by atoms with Crippen LogP contribution in [-0.4, -0.2) is 39.4 Å². The van der Waals surface area contributed by atoms with Gasteiger partial charge in [0.1, 0.15) is 5.82 Å². The highest BCUT2D eigenvalue weighted by molar-refractivity contribution is 5.94. The van der Waals surface area contributed by atoms with E-state index in [-0.39, 0.29) is 5.91 Å². The van der Waals surface area contributed by atoms with Crippen LogP contribution >= 0.6 is 0 Å². The molecule has 116 valence electrons. The van der Waals surface area contributed by atoms with Gasteiger partial charge in [0.25, 0.3) is 5.91 Å². The number of hydrogen-bond acceptors (Lipinski definition) is 3. The van der Waals surface area contributed by atoms with Crippen LogP contribution in [0.25, 0.3) is 11.4 Å². The minimum absolute atomic E-state index is 0.0186. The number of imidazole rings is 1. The Kier molecular flexibility index (Phi) is 4.47. The topological polar surface area (TPSA) is 61.9 Å². The first-order valence-corrected chi connectivity index (χ1v) is 7.48. The van der Waals surface area contributed by atoms with E-state index in [1.165, 1.54) is 5.56 Å². The number of pyridine rings is 1. The van der Waals surface area contributed by atoms with Crippen LogP contribution in [0.3, 0.4) is 0 Å². The van der Waals surface area contributed by atoms with Crippen molar-refractivity contribution in [3.05, 3.63) is 72.3 Å². The van der Waals surface area contributed by atoms with Crippen LogP contribution in [0.4, 0.5) is 0 Å². The molecular weight excluding hydrogens is 288 g/mol. The molecule has 0 atom stereocenters. The maximum Gasteiger partial charge on any atom is 0.253 e. The Morgan fingerprint density at radius 1 is 1.09 bits per heavy atom. The highest BCUT2D eigenvalue weighted by atomic mass is 16.2. The molecule has 5 nitrogen and oxygen atoms in total. The average molecular weight is 306 g/mol. The van der Waals surface area contributed by atoms with Crippen molar-refractivity contribution in [2.75, 3.05) is 13.6 Å². The van der Waals surface area contributed by atoms with E-state index in [0.717, 1.165) is 17.8 Å². The Labute approximate surface area is 135 Å². The van der Waals surface area contributed by atoms with Gasteiger partial charge < -0.3 is 9.88 Å². The highest BCUT2D eigenvalue weighted by Crippen LogP contribution is 2.16. The number of nitrogens with zero attached hydrogens (tertiary/aromatic N) is 3. The van der Waals surface area contributed by atoms with Gasteiger partial charge in [0.05, 0.1) is 0 Å².